The van der Waals surface area contributed by atoms with E-state index < -0.39 is 5.54 Å². The topological polar surface area (TPSA) is 96.3 Å². The summed E-state index contributed by atoms with van der Waals surface area (Å²) in [4.78, 5) is 46.7. The van der Waals surface area contributed by atoms with E-state index in [-0.39, 0.29) is 41.7 Å². The minimum atomic E-state index is -1.02. The maximum absolute atomic E-state index is 13.5. The fourth-order valence-corrected chi connectivity index (χ4v) is 5.39. The molecule has 2 N–H and O–H groups in total. The summed E-state index contributed by atoms with van der Waals surface area (Å²) >= 11 is 1.64. The first kappa shape index (κ1) is 22.5. The van der Waals surface area contributed by atoms with Crippen LogP contribution in [0.4, 0.5) is 0 Å². The number of thiophene rings is 1. The molecule has 0 aromatic carbocycles. The van der Waals surface area contributed by atoms with Gasteiger partial charge in [0.05, 0.1) is 12.9 Å². The second-order valence-corrected chi connectivity index (χ2v) is 9.87. The largest absolute Gasteiger partial charge is 0.351 e. The Morgan fingerprint density at radius 1 is 1.31 bits per heavy atom. The molecule has 0 saturated heterocycles. The Kier molecular flexibility index (Phi) is 6.64. The fraction of sp³-hybridized carbons (Fsp3) is 0.565. The average Bonchev–Trinajstić information content (AvgIpc) is 3.53. The predicted molar refractivity (Wildman–Crippen MR) is 123 cm³/mol. The highest BCUT2D eigenvalue weighted by Crippen LogP contribution is 2.30. The van der Waals surface area contributed by atoms with Crippen LogP contribution in [0.1, 0.15) is 71.8 Å². The molecular formula is C23H31N5O3S. The number of hydrogen-bond acceptors (Lipinski definition) is 5. The van der Waals surface area contributed by atoms with Crippen LogP contribution in [-0.4, -0.2) is 56.8 Å². The van der Waals surface area contributed by atoms with E-state index in [1.54, 1.807) is 20.8 Å². The highest BCUT2D eigenvalue weighted by atomic mass is 32.1. The van der Waals surface area contributed by atoms with Gasteiger partial charge in [-0.2, -0.15) is 0 Å². The van der Waals surface area contributed by atoms with Crippen molar-refractivity contribution in [1.29, 1.82) is 0 Å². The van der Waals surface area contributed by atoms with Crippen molar-refractivity contribution in [3.8, 4) is 0 Å². The number of nitrogens with zero attached hydrogens (tertiary/aromatic N) is 3. The molecule has 1 saturated carbocycles. The number of rotatable bonds is 8. The van der Waals surface area contributed by atoms with Crippen molar-refractivity contribution in [3.63, 3.8) is 0 Å². The van der Waals surface area contributed by atoms with E-state index in [9.17, 15) is 14.4 Å². The first-order chi connectivity index (χ1) is 15.4. The summed E-state index contributed by atoms with van der Waals surface area (Å²) in [6, 6.07) is 4.18. The van der Waals surface area contributed by atoms with Crippen molar-refractivity contribution in [1.82, 2.24) is 25.1 Å². The van der Waals surface area contributed by atoms with E-state index in [2.05, 4.69) is 15.6 Å². The SMILES string of the molecule is CCCN1C(=O)c2c(C(=O)NCCc3cccs3)ncn2CC1(C)C(=O)NC1CCCC1. The standard InChI is InChI=1S/C23H31N5O3S/c1-3-12-28-21(30)19-18(20(29)24-11-10-17-9-6-13-32-17)25-15-27(19)14-23(28,2)22(31)26-16-7-4-5-8-16/h6,9,13,15-16H,3-5,7-8,10-12,14H2,1-2H3,(H,24,29)(H,26,31). The van der Waals surface area contributed by atoms with Crippen LogP contribution in [0.2, 0.25) is 0 Å². The number of hydrogen-bond donors (Lipinski definition) is 2. The number of carbonyl (C=O) groups is 3. The monoisotopic (exact) mass is 457 g/mol. The molecule has 8 nitrogen and oxygen atoms in total. The molecule has 1 unspecified atom stereocenters. The molecule has 2 aliphatic rings. The summed E-state index contributed by atoms with van der Waals surface area (Å²) in [7, 11) is 0. The Hall–Kier alpha value is -2.68. The summed E-state index contributed by atoms with van der Waals surface area (Å²) in [5.74, 6) is -0.810. The Morgan fingerprint density at radius 3 is 2.78 bits per heavy atom. The highest BCUT2D eigenvalue weighted by molar-refractivity contribution is 7.09. The molecule has 3 heterocycles. The average molecular weight is 458 g/mol. The van der Waals surface area contributed by atoms with E-state index in [1.165, 1.54) is 11.2 Å². The van der Waals surface area contributed by atoms with Crippen LogP contribution in [0.25, 0.3) is 0 Å². The van der Waals surface area contributed by atoms with Crippen LogP contribution in [0, 0.1) is 0 Å². The van der Waals surface area contributed by atoms with Gasteiger partial charge in [0.15, 0.2) is 5.69 Å². The third-order valence-corrected chi connectivity index (χ3v) is 7.37. The second-order valence-electron chi connectivity index (χ2n) is 8.84. The van der Waals surface area contributed by atoms with E-state index >= 15 is 0 Å². The lowest BCUT2D eigenvalue weighted by molar-refractivity contribution is -0.133. The Bertz CT molecular complexity index is 980. The highest BCUT2D eigenvalue weighted by Gasteiger charge is 2.48. The van der Waals surface area contributed by atoms with Crippen LogP contribution in [0.15, 0.2) is 23.8 Å². The Labute approximate surface area is 192 Å². The van der Waals surface area contributed by atoms with Crippen LogP contribution < -0.4 is 10.6 Å². The molecule has 1 aliphatic heterocycles. The van der Waals surface area contributed by atoms with Gasteiger partial charge in [0.25, 0.3) is 11.8 Å². The molecule has 2 aromatic heterocycles. The molecule has 1 aliphatic carbocycles. The van der Waals surface area contributed by atoms with Crippen LogP contribution in [0.3, 0.4) is 0 Å². The molecule has 9 heteroatoms. The number of nitrogens with one attached hydrogen (secondary N) is 2. The Morgan fingerprint density at radius 2 is 2.09 bits per heavy atom. The van der Waals surface area contributed by atoms with Crippen molar-refractivity contribution in [2.75, 3.05) is 13.1 Å². The van der Waals surface area contributed by atoms with Gasteiger partial charge >= 0.3 is 0 Å². The third kappa shape index (κ3) is 4.30. The summed E-state index contributed by atoms with van der Waals surface area (Å²) < 4.78 is 1.66. The first-order valence-corrected chi connectivity index (χ1v) is 12.3. The molecule has 2 aromatic rings. The molecule has 4 rings (SSSR count). The maximum atomic E-state index is 13.5. The van der Waals surface area contributed by atoms with Crippen LogP contribution >= 0.6 is 11.3 Å². The van der Waals surface area contributed by atoms with Crippen molar-refractivity contribution in [2.24, 2.45) is 0 Å². The summed E-state index contributed by atoms with van der Waals surface area (Å²) in [5, 5.41) is 8.03. The lowest BCUT2D eigenvalue weighted by atomic mass is 9.93. The minimum absolute atomic E-state index is 0.125. The molecule has 172 valence electrons. The number of fused-ring (bicyclic) bond motifs is 1. The molecule has 0 bridgehead atoms. The third-order valence-electron chi connectivity index (χ3n) is 6.44. The maximum Gasteiger partial charge on any atom is 0.273 e. The predicted octanol–water partition coefficient (Wildman–Crippen LogP) is 2.60. The molecule has 1 atom stereocenters. The molecule has 0 spiro atoms. The lowest BCUT2D eigenvalue weighted by Crippen LogP contribution is -2.65. The summed E-state index contributed by atoms with van der Waals surface area (Å²) in [6.45, 7) is 4.99. The summed E-state index contributed by atoms with van der Waals surface area (Å²) in [5.41, 5.74) is -0.630. The number of aromatic nitrogens is 2. The molecule has 3 amide bonds. The number of carbonyl (C=O) groups excluding carboxylic acids is 3. The van der Waals surface area contributed by atoms with E-state index in [4.69, 9.17) is 0 Å². The van der Waals surface area contributed by atoms with Gasteiger partial charge in [0.2, 0.25) is 5.91 Å². The minimum Gasteiger partial charge on any atom is -0.351 e. The second kappa shape index (κ2) is 9.44. The zero-order chi connectivity index (χ0) is 22.7. The van der Waals surface area contributed by atoms with E-state index in [1.807, 2.05) is 31.4 Å². The van der Waals surface area contributed by atoms with Gasteiger partial charge in [0, 0.05) is 24.0 Å². The normalized spacial score (nSPS) is 20.9. The van der Waals surface area contributed by atoms with Crippen molar-refractivity contribution in [2.45, 2.75) is 70.5 Å². The fourth-order valence-electron chi connectivity index (χ4n) is 4.68. The van der Waals surface area contributed by atoms with E-state index in [0.29, 0.717) is 19.5 Å². The van der Waals surface area contributed by atoms with Gasteiger partial charge in [-0.25, -0.2) is 4.98 Å². The van der Waals surface area contributed by atoms with Gasteiger partial charge in [-0.3, -0.25) is 14.4 Å². The lowest BCUT2D eigenvalue weighted by Gasteiger charge is -2.44. The zero-order valence-electron chi connectivity index (χ0n) is 18.7. The smallest absolute Gasteiger partial charge is 0.273 e. The molecular weight excluding hydrogens is 426 g/mol. The zero-order valence-corrected chi connectivity index (χ0v) is 19.5. The first-order valence-electron chi connectivity index (χ1n) is 11.4. The number of imidazole rings is 1. The van der Waals surface area contributed by atoms with Gasteiger partial charge in [-0.05, 0) is 44.1 Å². The van der Waals surface area contributed by atoms with Gasteiger partial charge in [-0.15, -0.1) is 11.3 Å². The van der Waals surface area contributed by atoms with Gasteiger partial charge in [0.1, 0.15) is 11.2 Å². The van der Waals surface area contributed by atoms with Gasteiger partial charge < -0.3 is 20.1 Å². The van der Waals surface area contributed by atoms with Crippen molar-refractivity contribution >= 4 is 29.1 Å². The Balaban J connectivity index is 1.53. The summed E-state index contributed by atoms with van der Waals surface area (Å²) in [6.07, 6.45) is 7.16. The van der Waals surface area contributed by atoms with Crippen LogP contribution in [-0.2, 0) is 17.8 Å². The van der Waals surface area contributed by atoms with E-state index in [0.717, 1.165) is 32.1 Å². The number of amides is 3. The molecule has 32 heavy (non-hydrogen) atoms. The van der Waals surface area contributed by atoms with Gasteiger partial charge in [-0.1, -0.05) is 25.8 Å². The van der Waals surface area contributed by atoms with Crippen molar-refractivity contribution < 1.29 is 14.4 Å². The molecule has 0 radical (unpaired) electrons. The quantitative estimate of drug-likeness (QED) is 0.637. The van der Waals surface area contributed by atoms with Crippen molar-refractivity contribution in [3.05, 3.63) is 40.1 Å². The van der Waals surface area contributed by atoms with Crippen LogP contribution in [0.5, 0.6) is 0 Å². The molecule has 1 fully saturated rings.